The molecule has 35 heavy (non-hydrogen) atoms. The predicted octanol–water partition coefficient (Wildman–Crippen LogP) is 3.73. The maximum atomic E-state index is 13.2. The van der Waals surface area contributed by atoms with E-state index in [-0.39, 0.29) is 17.7 Å². The van der Waals surface area contributed by atoms with Gasteiger partial charge < -0.3 is 15.4 Å². The molecule has 3 aliphatic rings. The van der Waals surface area contributed by atoms with E-state index in [1.54, 1.807) is 31.4 Å². The summed E-state index contributed by atoms with van der Waals surface area (Å²) in [6.07, 6.45) is 5.65. The summed E-state index contributed by atoms with van der Waals surface area (Å²) in [5, 5.41) is 11.1. The van der Waals surface area contributed by atoms with Crippen LogP contribution >= 0.6 is 11.3 Å². The molecule has 0 spiro atoms. The molecule has 9 nitrogen and oxygen atoms in total. The average Bonchev–Trinajstić information content (AvgIpc) is 3.77. The lowest BCUT2D eigenvalue weighted by atomic mass is 9.93. The summed E-state index contributed by atoms with van der Waals surface area (Å²) in [4.78, 5) is 26.7. The second kappa shape index (κ2) is 10.1. The van der Waals surface area contributed by atoms with Crippen LogP contribution in [0.25, 0.3) is 0 Å². The third kappa shape index (κ3) is 5.57. The Morgan fingerprint density at radius 3 is 2.57 bits per heavy atom. The van der Waals surface area contributed by atoms with Crippen molar-refractivity contribution in [3.8, 4) is 5.75 Å². The van der Waals surface area contributed by atoms with Crippen LogP contribution in [-0.2, 0) is 28.9 Å². The largest absolute Gasteiger partial charge is 0.497 e. The molecule has 2 aromatic rings. The van der Waals surface area contributed by atoms with Gasteiger partial charge in [-0.1, -0.05) is 0 Å². The smallest absolute Gasteiger partial charge is 0.283 e. The van der Waals surface area contributed by atoms with E-state index in [0.29, 0.717) is 59.4 Å². The molecule has 1 atom stereocenters. The zero-order chi connectivity index (χ0) is 24.5. The molecule has 3 N–H and O–H groups in total. The molecule has 2 amide bonds. The number of hydrogen-bond acceptors (Lipinski definition) is 6. The molecule has 1 unspecified atom stereocenters. The molecule has 1 heterocycles. The number of hydrazone groups is 1. The molecular weight excluding hydrogens is 488 g/mol. The Labute approximate surface area is 210 Å². The first-order valence-electron chi connectivity index (χ1n) is 11.8. The Balaban J connectivity index is 1.42. The summed E-state index contributed by atoms with van der Waals surface area (Å²) in [6, 6.07) is 6.73. The summed E-state index contributed by atoms with van der Waals surface area (Å²) >= 11 is -0.911. The molecule has 0 aliphatic heterocycles. The van der Waals surface area contributed by atoms with Gasteiger partial charge in [-0.05, 0) is 74.3 Å². The van der Waals surface area contributed by atoms with E-state index in [2.05, 4.69) is 15.7 Å². The summed E-state index contributed by atoms with van der Waals surface area (Å²) in [5.41, 5.74) is 2.51. The van der Waals surface area contributed by atoms with Crippen molar-refractivity contribution in [3.63, 3.8) is 0 Å². The molecule has 1 aromatic carbocycles. The summed E-state index contributed by atoms with van der Waals surface area (Å²) in [6.45, 7) is 0.634. The van der Waals surface area contributed by atoms with Crippen molar-refractivity contribution in [1.29, 1.82) is 0 Å². The lowest BCUT2D eigenvalue weighted by Gasteiger charge is -2.20. The quantitative estimate of drug-likeness (QED) is 0.346. The molecule has 1 aromatic heterocycles. The van der Waals surface area contributed by atoms with E-state index in [0.717, 1.165) is 40.5 Å². The zero-order valence-electron chi connectivity index (χ0n) is 19.4. The van der Waals surface area contributed by atoms with Gasteiger partial charge in [-0.3, -0.25) is 14.1 Å². The van der Waals surface area contributed by atoms with Gasteiger partial charge in [0, 0.05) is 29.5 Å². The zero-order valence-corrected chi connectivity index (χ0v) is 21.0. The van der Waals surface area contributed by atoms with Crippen molar-refractivity contribution < 1.29 is 23.1 Å². The van der Waals surface area contributed by atoms with E-state index < -0.39 is 11.3 Å². The number of amides is 2. The highest BCUT2D eigenvalue weighted by Gasteiger charge is 2.34. The van der Waals surface area contributed by atoms with E-state index in [9.17, 15) is 18.4 Å². The number of anilines is 2. The Morgan fingerprint density at radius 1 is 1.20 bits per heavy atom. The second-order valence-corrected chi connectivity index (χ2v) is 11.1. The van der Waals surface area contributed by atoms with Crippen LogP contribution in [0.2, 0.25) is 0 Å². The Kier molecular flexibility index (Phi) is 6.90. The Morgan fingerprint density at radius 2 is 1.94 bits per heavy atom. The van der Waals surface area contributed by atoms with Crippen molar-refractivity contribution in [3.05, 3.63) is 40.3 Å². The van der Waals surface area contributed by atoms with Crippen LogP contribution in [0.4, 0.5) is 10.7 Å². The number of methoxy groups -OCH3 is 1. The number of carbonyl (C=O) groups excluding carboxylic acids is 2. The number of benzene rings is 1. The first-order valence-corrected chi connectivity index (χ1v) is 13.7. The monoisotopic (exact) mass is 516 g/mol. The molecule has 0 bridgehead atoms. The second-order valence-electron chi connectivity index (χ2n) is 9.17. The average molecular weight is 517 g/mol. The number of nitrogens with one attached hydrogen (secondary N) is 2. The third-order valence-corrected chi connectivity index (χ3v) is 8.24. The molecule has 3 aliphatic carbocycles. The number of carbonyl (C=O) groups is 2. The number of hydrogen-bond donors (Lipinski definition) is 3. The van der Waals surface area contributed by atoms with Crippen molar-refractivity contribution >= 4 is 50.8 Å². The summed E-state index contributed by atoms with van der Waals surface area (Å²) in [7, 11) is 1.55. The molecule has 186 valence electrons. The number of fused-ring (bicyclic) bond motifs is 1. The molecular formula is C24H28N4O5S2. The van der Waals surface area contributed by atoms with Gasteiger partial charge in [0.1, 0.15) is 10.8 Å². The fourth-order valence-corrected chi connectivity index (χ4v) is 5.80. The van der Waals surface area contributed by atoms with Crippen LogP contribution in [0.5, 0.6) is 5.75 Å². The molecule has 5 rings (SSSR count). The molecule has 2 saturated carbocycles. The van der Waals surface area contributed by atoms with Crippen LogP contribution in [0.3, 0.4) is 0 Å². The van der Waals surface area contributed by atoms with Gasteiger partial charge in [-0.25, -0.2) is 4.21 Å². The molecule has 0 saturated heterocycles. The number of aryl methyl sites for hydroxylation is 1. The minimum absolute atomic E-state index is 0.0323. The van der Waals surface area contributed by atoms with E-state index in [1.165, 1.54) is 11.3 Å². The SMILES string of the molecule is COc1ccc(N(N=C2CCc3sc(NC(=O)C4CC4)c(C(=O)NCC4CC4)c3C2)S(=O)O)cc1. The highest BCUT2D eigenvalue weighted by Crippen LogP contribution is 2.40. The van der Waals surface area contributed by atoms with E-state index in [4.69, 9.17) is 4.74 Å². The summed E-state index contributed by atoms with van der Waals surface area (Å²) < 4.78 is 28.2. The normalized spacial score (nSPS) is 19.1. The number of ether oxygens (including phenoxy) is 1. The van der Waals surface area contributed by atoms with E-state index >= 15 is 0 Å². The fourth-order valence-electron chi connectivity index (χ4n) is 4.09. The topological polar surface area (TPSA) is 120 Å². The third-order valence-electron chi connectivity index (χ3n) is 6.45. The Hall–Kier alpha value is -2.76. The summed E-state index contributed by atoms with van der Waals surface area (Å²) in [5.74, 6) is 0.988. The standard InChI is InChI=1S/C24H28N4O5S2/c1-33-18-9-7-17(8-10-18)28(35(31)32)27-16-6-11-20-19(12-16)21(23(30)25-13-14-2-3-14)24(34-20)26-22(29)15-4-5-15/h7-10,14-15H,2-6,11-13H2,1H3,(H,25,30)(H,26,29)(H,31,32). The van der Waals surface area contributed by atoms with Crippen molar-refractivity contribution in [1.82, 2.24) is 5.32 Å². The molecule has 11 heteroatoms. The van der Waals surface area contributed by atoms with E-state index in [1.807, 2.05) is 0 Å². The van der Waals surface area contributed by atoms with Crippen LogP contribution in [0.1, 0.15) is 52.9 Å². The highest BCUT2D eigenvalue weighted by atomic mass is 32.2. The van der Waals surface area contributed by atoms with Gasteiger partial charge in [-0.2, -0.15) is 9.52 Å². The van der Waals surface area contributed by atoms with Gasteiger partial charge in [0.25, 0.3) is 17.2 Å². The number of thiophene rings is 1. The number of rotatable bonds is 9. The van der Waals surface area contributed by atoms with Gasteiger partial charge in [0.15, 0.2) is 0 Å². The highest BCUT2D eigenvalue weighted by molar-refractivity contribution is 7.80. The van der Waals surface area contributed by atoms with Crippen LogP contribution in [0.15, 0.2) is 29.4 Å². The lowest BCUT2D eigenvalue weighted by Crippen LogP contribution is -2.29. The molecule has 0 radical (unpaired) electrons. The van der Waals surface area contributed by atoms with Crippen molar-refractivity contribution in [2.24, 2.45) is 16.9 Å². The first kappa shape index (κ1) is 24.0. The maximum absolute atomic E-state index is 13.2. The van der Waals surface area contributed by atoms with Crippen molar-refractivity contribution in [2.75, 3.05) is 23.4 Å². The predicted molar refractivity (Wildman–Crippen MR) is 136 cm³/mol. The Bertz CT molecular complexity index is 1190. The van der Waals surface area contributed by atoms with Crippen LogP contribution in [-0.4, -0.2) is 39.9 Å². The van der Waals surface area contributed by atoms with Gasteiger partial charge >= 0.3 is 0 Å². The fraction of sp³-hybridized carbons (Fsp3) is 0.458. The van der Waals surface area contributed by atoms with Gasteiger partial charge in [0.05, 0.1) is 18.4 Å². The minimum Gasteiger partial charge on any atom is -0.497 e. The number of nitrogens with zero attached hydrogens (tertiary/aromatic N) is 2. The van der Waals surface area contributed by atoms with Gasteiger partial charge in [-0.15, -0.1) is 11.3 Å². The minimum atomic E-state index is -2.37. The van der Waals surface area contributed by atoms with Crippen LogP contribution < -0.4 is 19.8 Å². The first-order chi connectivity index (χ1) is 16.9. The lowest BCUT2D eigenvalue weighted by molar-refractivity contribution is -0.117. The maximum Gasteiger partial charge on any atom is 0.283 e. The molecule has 2 fully saturated rings. The van der Waals surface area contributed by atoms with Crippen LogP contribution in [0, 0.1) is 11.8 Å². The van der Waals surface area contributed by atoms with Gasteiger partial charge in [0.2, 0.25) is 5.91 Å². The van der Waals surface area contributed by atoms with Crippen molar-refractivity contribution in [2.45, 2.75) is 44.9 Å².